The molecule has 0 unspecified atom stereocenters. The number of rotatable bonds is 1. The molecule has 0 aliphatic carbocycles. The molecule has 2 rings (SSSR count). The first-order valence-electron chi connectivity index (χ1n) is 5.54. The van der Waals surface area contributed by atoms with E-state index in [9.17, 15) is 0 Å². The fourth-order valence-corrected chi connectivity index (χ4v) is 1.97. The average molecular weight is 225 g/mol. The SMILES string of the molecule is Cc1cc(C)c(-c2ncn(C)c2C#N)cc1C. The molecule has 0 saturated heterocycles. The molecule has 3 nitrogen and oxygen atoms in total. The molecule has 1 aromatic heterocycles. The second-order valence-electron chi connectivity index (χ2n) is 4.42. The van der Waals surface area contributed by atoms with Gasteiger partial charge in [0.05, 0.1) is 6.33 Å². The molecule has 3 heteroatoms. The molecule has 1 aromatic carbocycles. The monoisotopic (exact) mass is 225 g/mol. The number of hydrogen-bond donors (Lipinski definition) is 0. The molecule has 0 aliphatic rings. The molecule has 0 amide bonds. The maximum absolute atomic E-state index is 9.15. The number of aryl methyl sites for hydroxylation is 4. The van der Waals surface area contributed by atoms with Gasteiger partial charge in [-0.1, -0.05) is 6.07 Å². The van der Waals surface area contributed by atoms with E-state index < -0.39 is 0 Å². The highest BCUT2D eigenvalue weighted by Crippen LogP contribution is 2.27. The minimum atomic E-state index is 0.608. The zero-order chi connectivity index (χ0) is 12.6. The van der Waals surface area contributed by atoms with Gasteiger partial charge in [-0.3, -0.25) is 0 Å². The van der Waals surface area contributed by atoms with Crippen LogP contribution in [-0.2, 0) is 7.05 Å². The van der Waals surface area contributed by atoms with Crippen molar-refractivity contribution >= 4 is 0 Å². The van der Waals surface area contributed by atoms with Gasteiger partial charge in [0.15, 0.2) is 0 Å². The van der Waals surface area contributed by atoms with Crippen molar-refractivity contribution < 1.29 is 0 Å². The van der Waals surface area contributed by atoms with Gasteiger partial charge in [-0.15, -0.1) is 0 Å². The second-order valence-corrected chi connectivity index (χ2v) is 4.42. The third-order valence-corrected chi connectivity index (χ3v) is 3.14. The Morgan fingerprint density at radius 1 is 1.12 bits per heavy atom. The summed E-state index contributed by atoms with van der Waals surface area (Å²) in [7, 11) is 1.84. The van der Waals surface area contributed by atoms with E-state index >= 15 is 0 Å². The molecule has 86 valence electrons. The standard InChI is InChI=1S/C14H15N3/c1-9-5-11(3)12(6-10(9)2)14-13(7-15)17(4)8-16-14/h5-6,8H,1-4H3. The van der Waals surface area contributed by atoms with Crippen LogP contribution < -0.4 is 0 Å². The molecule has 0 spiro atoms. The summed E-state index contributed by atoms with van der Waals surface area (Å²) in [5, 5.41) is 9.15. The van der Waals surface area contributed by atoms with Crippen molar-refractivity contribution in [2.75, 3.05) is 0 Å². The van der Waals surface area contributed by atoms with Gasteiger partial charge in [-0.05, 0) is 43.5 Å². The first-order valence-corrected chi connectivity index (χ1v) is 5.54. The van der Waals surface area contributed by atoms with Crippen molar-refractivity contribution in [3.05, 3.63) is 40.8 Å². The van der Waals surface area contributed by atoms with Gasteiger partial charge in [-0.25, -0.2) is 4.98 Å². The molecule has 0 bridgehead atoms. The number of aromatic nitrogens is 2. The van der Waals surface area contributed by atoms with Crippen molar-refractivity contribution in [1.29, 1.82) is 5.26 Å². The zero-order valence-electron chi connectivity index (χ0n) is 10.6. The second kappa shape index (κ2) is 4.06. The smallest absolute Gasteiger partial charge is 0.147 e. The van der Waals surface area contributed by atoms with Crippen molar-refractivity contribution in [2.24, 2.45) is 7.05 Å². The Labute approximate surface area is 101 Å². The fourth-order valence-electron chi connectivity index (χ4n) is 1.97. The van der Waals surface area contributed by atoms with Gasteiger partial charge < -0.3 is 4.57 Å². The van der Waals surface area contributed by atoms with Gasteiger partial charge in [0.1, 0.15) is 17.5 Å². The zero-order valence-corrected chi connectivity index (χ0v) is 10.6. The summed E-state index contributed by atoms with van der Waals surface area (Å²) in [5.74, 6) is 0. The van der Waals surface area contributed by atoms with Crippen LogP contribution in [0.25, 0.3) is 11.3 Å². The van der Waals surface area contributed by atoms with E-state index in [1.165, 1.54) is 11.1 Å². The van der Waals surface area contributed by atoms with Crippen LogP contribution in [0, 0.1) is 32.1 Å². The molecule has 17 heavy (non-hydrogen) atoms. The Morgan fingerprint density at radius 2 is 1.76 bits per heavy atom. The highest BCUT2D eigenvalue weighted by Gasteiger charge is 2.13. The normalized spacial score (nSPS) is 10.3. The topological polar surface area (TPSA) is 41.6 Å². The molecular weight excluding hydrogens is 210 g/mol. The average Bonchev–Trinajstić information content (AvgIpc) is 2.64. The molecular formula is C14H15N3. The van der Waals surface area contributed by atoms with Gasteiger partial charge in [-0.2, -0.15) is 5.26 Å². The summed E-state index contributed by atoms with van der Waals surface area (Å²) in [5.41, 5.74) is 6.07. The third-order valence-electron chi connectivity index (χ3n) is 3.14. The first-order chi connectivity index (χ1) is 8.04. The summed E-state index contributed by atoms with van der Waals surface area (Å²) >= 11 is 0. The molecule has 0 aliphatic heterocycles. The van der Waals surface area contributed by atoms with Gasteiger partial charge in [0.2, 0.25) is 0 Å². The largest absolute Gasteiger partial charge is 0.325 e. The Kier molecular flexibility index (Phi) is 2.72. The predicted molar refractivity (Wildman–Crippen MR) is 67.6 cm³/mol. The number of benzene rings is 1. The van der Waals surface area contributed by atoms with Crippen LogP contribution in [0.5, 0.6) is 0 Å². The number of hydrogen-bond acceptors (Lipinski definition) is 2. The van der Waals surface area contributed by atoms with E-state index in [0.29, 0.717) is 5.69 Å². The Balaban J connectivity index is 2.69. The highest BCUT2D eigenvalue weighted by atomic mass is 15.0. The van der Waals surface area contributed by atoms with Crippen LogP contribution in [0.4, 0.5) is 0 Å². The van der Waals surface area contributed by atoms with E-state index in [1.807, 2.05) is 7.05 Å². The summed E-state index contributed by atoms with van der Waals surface area (Å²) < 4.78 is 1.75. The lowest BCUT2D eigenvalue weighted by Gasteiger charge is -2.08. The molecule has 0 atom stereocenters. The van der Waals surface area contributed by atoms with Crippen LogP contribution in [0.3, 0.4) is 0 Å². The van der Waals surface area contributed by atoms with Crippen molar-refractivity contribution in [3.8, 4) is 17.3 Å². The Morgan fingerprint density at radius 3 is 2.41 bits per heavy atom. The molecule has 2 aromatic rings. The first kappa shape index (κ1) is 11.4. The number of nitrogens with zero attached hydrogens (tertiary/aromatic N) is 3. The van der Waals surface area contributed by atoms with Crippen LogP contribution in [0.2, 0.25) is 0 Å². The van der Waals surface area contributed by atoms with Crippen LogP contribution in [-0.4, -0.2) is 9.55 Å². The quantitative estimate of drug-likeness (QED) is 0.748. The van der Waals surface area contributed by atoms with E-state index in [4.69, 9.17) is 5.26 Å². The maximum Gasteiger partial charge on any atom is 0.147 e. The van der Waals surface area contributed by atoms with Gasteiger partial charge in [0.25, 0.3) is 0 Å². The Hall–Kier alpha value is -2.08. The number of imidazole rings is 1. The predicted octanol–water partition coefficient (Wildman–Crippen LogP) is 2.88. The highest BCUT2D eigenvalue weighted by molar-refractivity contribution is 5.69. The van der Waals surface area contributed by atoms with Crippen molar-refractivity contribution in [1.82, 2.24) is 9.55 Å². The van der Waals surface area contributed by atoms with E-state index in [-0.39, 0.29) is 0 Å². The lowest BCUT2D eigenvalue weighted by molar-refractivity contribution is 0.897. The van der Waals surface area contributed by atoms with Crippen molar-refractivity contribution in [3.63, 3.8) is 0 Å². The fraction of sp³-hybridized carbons (Fsp3) is 0.286. The summed E-state index contributed by atoms with van der Waals surface area (Å²) in [6.45, 7) is 6.22. The molecule has 0 N–H and O–H groups in total. The molecule has 0 saturated carbocycles. The molecule has 0 fully saturated rings. The van der Waals surface area contributed by atoms with E-state index in [2.05, 4.69) is 44.0 Å². The van der Waals surface area contributed by atoms with Crippen LogP contribution in [0.1, 0.15) is 22.4 Å². The molecule has 0 radical (unpaired) electrons. The summed E-state index contributed by atoms with van der Waals surface area (Å²) in [6, 6.07) is 6.45. The van der Waals surface area contributed by atoms with Crippen LogP contribution in [0.15, 0.2) is 18.5 Å². The lowest BCUT2D eigenvalue weighted by atomic mass is 9.98. The molecule has 1 heterocycles. The number of nitriles is 1. The minimum Gasteiger partial charge on any atom is -0.325 e. The van der Waals surface area contributed by atoms with Gasteiger partial charge in [0, 0.05) is 12.6 Å². The third kappa shape index (κ3) is 1.83. The van der Waals surface area contributed by atoms with Gasteiger partial charge >= 0.3 is 0 Å². The van der Waals surface area contributed by atoms with E-state index in [0.717, 1.165) is 16.8 Å². The summed E-state index contributed by atoms with van der Waals surface area (Å²) in [6.07, 6.45) is 1.68. The lowest BCUT2D eigenvalue weighted by Crippen LogP contribution is -1.94. The summed E-state index contributed by atoms with van der Waals surface area (Å²) in [4.78, 5) is 4.33. The Bertz CT molecular complexity index is 615. The maximum atomic E-state index is 9.15. The van der Waals surface area contributed by atoms with Crippen LogP contribution >= 0.6 is 0 Å². The van der Waals surface area contributed by atoms with Crippen molar-refractivity contribution in [2.45, 2.75) is 20.8 Å². The van der Waals surface area contributed by atoms with E-state index in [1.54, 1.807) is 10.9 Å². The minimum absolute atomic E-state index is 0.608.